The number of rotatable bonds is 5. The van der Waals surface area contributed by atoms with Gasteiger partial charge in [0.15, 0.2) is 5.96 Å². The molecule has 1 saturated heterocycles. The summed E-state index contributed by atoms with van der Waals surface area (Å²) in [4.78, 5) is 6.03. The molecule has 0 bridgehead atoms. The molecule has 2 aliphatic rings. The molecule has 4 rings (SSSR count). The number of nitrogens with one attached hydrogen (secondary N) is 2. The van der Waals surface area contributed by atoms with Crippen molar-refractivity contribution >= 4 is 11.6 Å². The van der Waals surface area contributed by atoms with E-state index in [9.17, 15) is 8.78 Å². The van der Waals surface area contributed by atoms with Gasteiger partial charge in [-0.2, -0.15) is 0 Å². The Morgan fingerprint density at radius 1 is 1.24 bits per heavy atom. The van der Waals surface area contributed by atoms with Crippen molar-refractivity contribution in [3.8, 4) is 5.75 Å². The highest BCUT2D eigenvalue weighted by molar-refractivity contribution is 5.80. The third-order valence-corrected chi connectivity index (χ3v) is 5.47. The van der Waals surface area contributed by atoms with Crippen LogP contribution in [-0.2, 0) is 12.8 Å². The second-order valence-corrected chi connectivity index (χ2v) is 7.44. The zero-order chi connectivity index (χ0) is 20.2. The summed E-state index contributed by atoms with van der Waals surface area (Å²) in [5.74, 6) is 0.660. The van der Waals surface area contributed by atoms with Gasteiger partial charge in [0.2, 0.25) is 0 Å². The molecule has 0 amide bonds. The van der Waals surface area contributed by atoms with Crippen LogP contribution in [0.25, 0.3) is 0 Å². The van der Waals surface area contributed by atoms with Crippen LogP contribution in [0.5, 0.6) is 5.75 Å². The van der Waals surface area contributed by atoms with Crippen LogP contribution >= 0.6 is 0 Å². The lowest BCUT2D eigenvalue weighted by atomic mass is 10.1. The summed E-state index contributed by atoms with van der Waals surface area (Å²) < 4.78 is 33.6. The zero-order valence-corrected chi connectivity index (χ0v) is 16.5. The minimum Gasteiger partial charge on any atom is -0.493 e. The molecule has 2 N–H and O–H groups in total. The van der Waals surface area contributed by atoms with Crippen LogP contribution in [0.15, 0.2) is 41.4 Å². The average Bonchev–Trinajstić information content (AvgIpc) is 3.36. The Kier molecular flexibility index (Phi) is 5.83. The van der Waals surface area contributed by atoms with Crippen LogP contribution in [0.3, 0.4) is 0 Å². The number of aliphatic imine (C=N–C) groups is 1. The smallest absolute Gasteiger partial charge is 0.191 e. The van der Waals surface area contributed by atoms with Crippen molar-refractivity contribution in [3.05, 3.63) is 59.2 Å². The fourth-order valence-corrected chi connectivity index (χ4v) is 3.98. The SMILES string of the molecule is CN=C(NCCc1ccc2c(c1)CCO2)NC1CCN(c2c(F)cccc2F)C1. The number of guanidine groups is 1. The van der Waals surface area contributed by atoms with E-state index in [-0.39, 0.29) is 11.7 Å². The number of halogens is 2. The summed E-state index contributed by atoms with van der Waals surface area (Å²) in [6, 6.07) is 10.4. The first kappa shape index (κ1) is 19.5. The van der Waals surface area contributed by atoms with E-state index in [1.54, 1.807) is 11.9 Å². The van der Waals surface area contributed by atoms with Crippen LogP contribution in [0.4, 0.5) is 14.5 Å². The lowest BCUT2D eigenvalue weighted by molar-refractivity contribution is 0.357. The second-order valence-electron chi connectivity index (χ2n) is 7.44. The highest BCUT2D eigenvalue weighted by atomic mass is 19.1. The molecule has 2 heterocycles. The number of nitrogens with zero attached hydrogens (tertiary/aromatic N) is 2. The number of para-hydroxylation sites is 1. The van der Waals surface area contributed by atoms with Gasteiger partial charge in [0.05, 0.1) is 6.61 Å². The molecule has 29 heavy (non-hydrogen) atoms. The molecule has 2 aromatic rings. The first-order valence-electron chi connectivity index (χ1n) is 10.0. The Hall–Kier alpha value is -2.83. The highest BCUT2D eigenvalue weighted by Gasteiger charge is 2.27. The van der Waals surface area contributed by atoms with Gasteiger partial charge < -0.3 is 20.3 Å². The zero-order valence-electron chi connectivity index (χ0n) is 16.5. The minimum absolute atomic E-state index is 0.0559. The third-order valence-electron chi connectivity index (χ3n) is 5.47. The maximum atomic E-state index is 14.0. The largest absolute Gasteiger partial charge is 0.493 e. The monoisotopic (exact) mass is 400 g/mol. The van der Waals surface area contributed by atoms with Gasteiger partial charge in [-0.3, -0.25) is 4.99 Å². The van der Waals surface area contributed by atoms with Crippen LogP contribution in [0.1, 0.15) is 17.5 Å². The number of ether oxygens (including phenoxy) is 1. The van der Waals surface area contributed by atoms with Crippen LogP contribution < -0.4 is 20.3 Å². The molecule has 1 fully saturated rings. The lowest BCUT2D eigenvalue weighted by Crippen LogP contribution is -2.45. The number of benzene rings is 2. The quantitative estimate of drug-likeness (QED) is 0.599. The van der Waals surface area contributed by atoms with E-state index in [1.807, 2.05) is 6.07 Å². The molecule has 154 valence electrons. The normalized spacial score (nSPS) is 18.5. The van der Waals surface area contributed by atoms with Gasteiger partial charge in [-0.05, 0) is 42.2 Å². The van der Waals surface area contributed by atoms with Crippen molar-refractivity contribution in [2.75, 3.05) is 38.2 Å². The molecule has 0 radical (unpaired) electrons. The fraction of sp³-hybridized carbons (Fsp3) is 0.409. The van der Waals surface area contributed by atoms with E-state index in [1.165, 1.54) is 29.3 Å². The van der Waals surface area contributed by atoms with Crippen molar-refractivity contribution in [2.24, 2.45) is 4.99 Å². The Bertz CT molecular complexity index is 882. The summed E-state index contributed by atoms with van der Waals surface area (Å²) in [6.45, 7) is 2.65. The van der Waals surface area contributed by atoms with E-state index in [0.29, 0.717) is 19.0 Å². The first-order valence-corrected chi connectivity index (χ1v) is 10.0. The summed E-state index contributed by atoms with van der Waals surface area (Å²) in [5.41, 5.74) is 2.59. The molecule has 0 spiro atoms. The van der Waals surface area contributed by atoms with Crippen LogP contribution in [-0.4, -0.2) is 45.3 Å². The maximum absolute atomic E-state index is 14.0. The summed E-state index contributed by atoms with van der Waals surface area (Å²) in [5, 5.41) is 6.70. The number of hydrogen-bond acceptors (Lipinski definition) is 3. The molecular weight excluding hydrogens is 374 g/mol. The molecule has 2 aliphatic heterocycles. The average molecular weight is 400 g/mol. The standard InChI is InChI=1S/C22H26F2N4O/c1-25-22(26-10-7-15-5-6-20-16(13-15)9-12-29-20)27-17-8-11-28(14-17)21-18(23)3-2-4-19(21)24/h2-6,13,17H,7-12,14H2,1H3,(H2,25,26,27). The molecule has 0 aliphatic carbocycles. The van der Waals surface area contributed by atoms with Crippen molar-refractivity contribution in [2.45, 2.75) is 25.3 Å². The second kappa shape index (κ2) is 8.68. The number of fused-ring (bicyclic) bond motifs is 1. The van der Waals surface area contributed by atoms with Crippen LogP contribution in [0.2, 0.25) is 0 Å². The van der Waals surface area contributed by atoms with Gasteiger partial charge in [-0.15, -0.1) is 0 Å². The van der Waals surface area contributed by atoms with Crippen molar-refractivity contribution in [1.82, 2.24) is 10.6 Å². The van der Waals surface area contributed by atoms with Gasteiger partial charge in [0.25, 0.3) is 0 Å². The fourth-order valence-electron chi connectivity index (χ4n) is 3.98. The topological polar surface area (TPSA) is 48.9 Å². The van der Waals surface area contributed by atoms with Crippen molar-refractivity contribution < 1.29 is 13.5 Å². The molecule has 0 aromatic heterocycles. The predicted molar refractivity (Wildman–Crippen MR) is 111 cm³/mol. The molecule has 5 nitrogen and oxygen atoms in total. The lowest BCUT2D eigenvalue weighted by Gasteiger charge is -2.21. The molecule has 1 atom stereocenters. The molecule has 1 unspecified atom stereocenters. The Morgan fingerprint density at radius 2 is 2.07 bits per heavy atom. The highest BCUT2D eigenvalue weighted by Crippen LogP contribution is 2.27. The van der Waals surface area contributed by atoms with Gasteiger partial charge >= 0.3 is 0 Å². The summed E-state index contributed by atoms with van der Waals surface area (Å²) in [7, 11) is 1.73. The summed E-state index contributed by atoms with van der Waals surface area (Å²) in [6.07, 6.45) is 2.64. The Labute approximate surface area is 169 Å². The third kappa shape index (κ3) is 4.44. The van der Waals surface area contributed by atoms with Gasteiger partial charge in [0, 0.05) is 39.1 Å². The molecule has 0 saturated carbocycles. The predicted octanol–water partition coefficient (Wildman–Crippen LogP) is 2.89. The molecule has 7 heteroatoms. The van der Waals surface area contributed by atoms with Crippen LogP contribution in [0, 0.1) is 11.6 Å². The maximum Gasteiger partial charge on any atom is 0.191 e. The Balaban J connectivity index is 1.27. The van der Waals surface area contributed by atoms with E-state index in [4.69, 9.17) is 4.74 Å². The van der Waals surface area contributed by atoms with E-state index in [2.05, 4.69) is 27.8 Å². The molecule has 2 aromatic carbocycles. The van der Waals surface area contributed by atoms with Gasteiger partial charge in [-0.25, -0.2) is 8.78 Å². The van der Waals surface area contributed by atoms with E-state index >= 15 is 0 Å². The van der Waals surface area contributed by atoms with Gasteiger partial charge in [0.1, 0.15) is 23.1 Å². The van der Waals surface area contributed by atoms with Crippen molar-refractivity contribution in [1.29, 1.82) is 0 Å². The number of anilines is 1. The van der Waals surface area contributed by atoms with E-state index < -0.39 is 11.6 Å². The first-order chi connectivity index (χ1) is 14.1. The van der Waals surface area contributed by atoms with Gasteiger partial charge in [-0.1, -0.05) is 18.2 Å². The molecular formula is C22H26F2N4O. The number of hydrogen-bond donors (Lipinski definition) is 2. The minimum atomic E-state index is -0.520. The van der Waals surface area contributed by atoms with Crippen molar-refractivity contribution in [3.63, 3.8) is 0 Å². The van der Waals surface area contributed by atoms with E-state index in [0.717, 1.165) is 38.2 Å². The Morgan fingerprint density at radius 3 is 2.86 bits per heavy atom. The summed E-state index contributed by atoms with van der Waals surface area (Å²) >= 11 is 0.